The second kappa shape index (κ2) is 6.94. The number of hydrogen-bond donors (Lipinski definition) is 0. The second-order valence-corrected chi connectivity index (χ2v) is 5.67. The highest BCUT2D eigenvalue weighted by Gasteiger charge is 2.28. The van der Waals surface area contributed by atoms with Gasteiger partial charge < -0.3 is 9.64 Å². The number of anilines is 1. The van der Waals surface area contributed by atoms with Crippen molar-refractivity contribution in [3.63, 3.8) is 0 Å². The van der Waals surface area contributed by atoms with E-state index < -0.39 is 0 Å². The molecule has 0 aromatic heterocycles. The van der Waals surface area contributed by atoms with Gasteiger partial charge >= 0.3 is 5.97 Å². The lowest BCUT2D eigenvalue weighted by atomic mass is 9.97. The van der Waals surface area contributed by atoms with Gasteiger partial charge in [0.25, 0.3) is 0 Å². The maximum absolute atomic E-state index is 11.9. The molecular formula is C16H20ClNO3. The Hall–Kier alpha value is -1.55. The highest BCUT2D eigenvalue weighted by atomic mass is 35.5. The molecule has 0 spiro atoms. The lowest BCUT2D eigenvalue weighted by Crippen LogP contribution is -2.39. The van der Waals surface area contributed by atoms with E-state index >= 15 is 0 Å². The Morgan fingerprint density at radius 1 is 1.43 bits per heavy atom. The smallest absolute Gasteiger partial charge is 0.310 e. The molecule has 114 valence electrons. The van der Waals surface area contributed by atoms with Crippen LogP contribution in [0.2, 0.25) is 5.02 Å². The van der Waals surface area contributed by atoms with E-state index in [2.05, 4.69) is 4.90 Å². The Labute approximate surface area is 130 Å². The van der Waals surface area contributed by atoms with Crippen molar-refractivity contribution in [3.05, 3.63) is 28.8 Å². The largest absolute Gasteiger partial charge is 0.466 e. The third kappa shape index (κ3) is 3.76. The molecule has 0 N–H and O–H groups in total. The van der Waals surface area contributed by atoms with E-state index in [0.29, 0.717) is 23.7 Å². The average molecular weight is 310 g/mol. The van der Waals surface area contributed by atoms with Crippen molar-refractivity contribution < 1.29 is 14.3 Å². The molecule has 1 saturated heterocycles. The third-order valence-electron chi connectivity index (χ3n) is 3.73. The Bertz CT molecular complexity index is 544. The average Bonchev–Trinajstić information content (AvgIpc) is 2.48. The van der Waals surface area contributed by atoms with Gasteiger partial charge in [0.1, 0.15) is 0 Å². The van der Waals surface area contributed by atoms with Crippen LogP contribution in [0.1, 0.15) is 37.0 Å². The fraction of sp³-hybridized carbons (Fsp3) is 0.500. The molecule has 0 bridgehead atoms. The van der Waals surface area contributed by atoms with Crippen molar-refractivity contribution in [2.75, 3.05) is 24.6 Å². The Kier molecular flexibility index (Phi) is 5.23. The predicted molar refractivity (Wildman–Crippen MR) is 83.0 cm³/mol. The number of Topliss-reactive ketones (excluding diaryl/α,β-unsaturated/α-hetero) is 1. The summed E-state index contributed by atoms with van der Waals surface area (Å²) in [5.74, 6) is -0.274. The summed E-state index contributed by atoms with van der Waals surface area (Å²) in [6.45, 7) is 5.16. The number of ketones is 1. The molecule has 1 heterocycles. The molecule has 1 aliphatic heterocycles. The van der Waals surface area contributed by atoms with Crippen LogP contribution in [-0.2, 0) is 9.53 Å². The van der Waals surface area contributed by atoms with Crippen LogP contribution in [-0.4, -0.2) is 31.4 Å². The van der Waals surface area contributed by atoms with E-state index in [9.17, 15) is 9.59 Å². The first-order valence-electron chi connectivity index (χ1n) is 7.25. The fourth-order valence-electron chi connectivity index (χ4n) is 2.62. The predicted octanol–water partition coefficient (Wildman–Crippen LogP) is 3.32. The Morgan fingerprint density at radius 3 is 2.86 bits per heavy atom. The molecule has 1 unspecified atom stereocenters. The summed E-state index contributed by atoms with van der Waals surface area (Å²) >= 11 is 6.25. The summed E-state index contributed by atoms with van der Waals surface area (Å²) in [7, 11) is 0. The van der Waals surface area contributed by atoms with E-state index in [-0.39, 0.29) is 17.7 Å². The molecule has 0 radical (unpaired) electrons. The van der Waals surface area contributed by atoms with Crippen LogP contribution in [0.3, 0.4) is 0 Å². The molecule has 1 aromatic rings. The van der Waals surface area contributed by atoms with Crippen molar-refractivity contribution in [2.45, 2.75) is 26.7 Å². The SMILES string of the molecule is CCOC(=O)C1CCCN(c2cc(C(C)=O)ccc2Cl)C1. The number of esters is 1. The van der Waals surface area contributed by atoms with Gasteiger partial charge in [-0.05, 0) is 44.9 Å². The molecule has 0 amide bonds. The zero-order chi connectivity index (χ0) is 15.4. The molecule has 1 fully saturated rings. The molecule has 1 aromatic carbocycles. The minimum absolute atomic E-state index is 0.00636. The topological polar surface area (TPSA) is 46.6 Å². The van der Waals surface area contributed by atoms with Crippen LogP contribution >= 0.6 is 11.6 Å². The van der Waals surface area contributed by atoms with Gasteiger partial charge in [0, 0.05) is 18.7 Å². The molecule has 0 aliphatic carbocycles. The van der Waals surface area contributed by atoms with Gasteiger partial charge in [0.2, 0.25) is 0 Å². The summed E-state index contributed by atoms with van der Waals surface area (Å²) in [6, 6.07) is 5.26. The standard InChI is InChI=1S/C16H20ClNO3/c1-3-21-16(20)13-5-4-8-18(10-13)15-9-12(11(2)19)6-7-14(15)17/h6-7,9,13H,3-5,8,10H2,1-2H3. The van der Waals surface area contributed by atoms with E-state index in [1.54, 1.807) is 18.2 Å². The highest BCUT2D eigenvalue weighted by Crippen LogP contribution is 2.31. The molecule has 1 aliphatic rings. The number of halogens is 1. The normalized spacial score (nSPS) is 18.4. The summed E-state index contributed by atoms with van der Waals surface area (Å²) in [5.41, 5.74) is 1.45. The number of carbonyl (C=O) groups excluding carboxylic acids is 2. The second-order valence-electron chi connectivity index (χ2n) is 5.26. The summed E-state index contributed by atoms with van der Waals surface area (Å²) < 4.78 is 5.11. The van der Waals surface area contributed by atoms with E-state index in [4.69, 9.17) is 16.3 Å². The van der Waals surface area contributed by atoms with Crippen LogP contribution in [0.25, 0.3) is 0 Å². The quantitative estimate of drug-likeness (QED) is 0.632. The zero-order valence-electron chi connectivity index (χ0n) is 12.4. The number of nitrogens with zero attached hydrogens (tertiary/aromatic N) is 1. The van der Waals surface area contributed by atoms with E-state index in [1.807, 2.05) is 6.92 Å². The number of carbonyl (C=O) groups is 2. The molecule has 21 heavy (non-hydrogen) atoms. The van der Waals surface area contributed by atoms with Crippen LogP contribution in [0.5, 0.6) is 0 Å². The maximum Gasteiger partial charge on any atom is 0.310 e. The Balaban J connectivity index is 2.19. The Morgan fingerprint density at radius 2 is 2.19 bits per heavy atom. The molecular weight excluding hydrogens is 290 g/mol. The zero-order valence-corrected chi connectivity index (χ0v) is 13.2. The van der Waals surface area contributed by atoms with Crippen LogP contribution in [0.4, 0.5) is 5.69 Å². The van der Waals surface area contributed by atoms with Crippen molar-refractivity contribution in [2.24, 2.45) is 5.92 Å². The first kappa shape index (κ1) is 15.8. The van der Waals surface area contributed by atoms with Crippen molar-refractivity contribution in [1.82, 2.24) is 0 Å². The van der Waals surface area contributed by atoms with Crippen molar-refractivity contribution in [3.8, 4) is 0 Å². The van der Waals surface area contributed by atoms with Crippen LogP contribution < -0.4 is 4.90 Å². The molecule has 1 atom stereocenters. The fourth-order valence-corrected chi connectivity index (χ4v) is 2.86. The number of hydrogen-bond acceptors (Lipinski definition) is 4. The maximum atomic E-state index is 11.9. The van der Waals surface area contributed by atoms with Gasteiger partial charge in [-0.25, -0.2) is 0 Å². The lowest BCUT2D eigenvalue weighted by Gasteiger charge is -2.34. The van der Waals surface area contributed by atoms with Gasteiger partial charge in [-0.1, -0.05) is 11.6 Å². The van der Waals surface area contributed by atoms with E-state index in [0.717, 1.165) is 25.1 Å². The summed E-state index contributed by atoms with van der Waals surface area (Å²) in [6.07, 6.45) is 1.74. The third-order valence-corrected chi connectivity index (χ3v) is 4.05. The van der Waals surface area contributed by atoms with Gasteiger partial charge in [0.15, 0.2) is 5.78 Å². The monoisotopic (exact) mass is 309 g/mol. The van der Waals surface area contributed by atoms with Gasteiger partial charge in [-0.2, -0.15) is 0 Å². The first-order chi connectivity index (χ1) is 10.0. The molecule has 4 nitrogen and oxygen atoms in total. The van der Waals surface area contributed by atoms with Gasteiger partial charge in [-0.15, -0.1) is 0 Å². The highest BCUT2D eigenvalue weighted by molar-refractivity contribution is 6.33. The van der Waals surface area contributed by atoms with Crippen molar-refractivity contribution in [1.29, 1.82) is 0 Å². The summed E-state index contributed by atoms with van der Waals surface area (Å²) in [4.78, 5) is 25.5. The summed E-state index contributed by atoms with van der Waals surface area (Å²) in [5, 5.41) is 0.601. The minimum atomic E-state index is -0.152. The van der Waals surface area contributed by atoms with Gasteiger partial charge in [-0.3, -0.25) is 9.59 Å². The number of rotatable bonds is 4. The van der Waals surface area contributed by atoms with E-state index in [1.165, 1.54) is 6.92 Å². The number of ether oxygens (including phenoxy) is 1. The number of benzene rings is 1. The molecule has 5 heteroatoms. The lowest BCUT2D eigenvalue weighted by molar-refractivity contribution is -0.148. The minimum Gasteiger partial charge on any atom is -0.466 e. The van der Waals surface area contributed by atoms with Crippen LogP contribution in [0.15, 0.2) is 18.2 Å². The van der Waals surface area contributed by atoms with Crippen molar-refractivity contribution >= 4 is 29.0 Å². The molecule has 0 saturated carbocycles. The van der Waals surface area contributed by atoms with Crippen LogP contribution in [0, 0.1) is 5.92 Å². The number of piperidine rings is 1. The molecule has 2 rings (SSSR count). The van der Waals surface area contributed by atoms with Gasteiger partial charge in [0.05, 0.1) is 23.2 Å². The first-order valence-corrected chi connectivity index (χ1v) is 7.62.